The molecule has 0 aliphatic carbocycles. The molecule has 4 N–H and O–H groups in total. The molecule has 0 aromatic heterocycles. The van der Waals surface area contributed by atoms with Gasteiger partial charge in [0.05, 0.1) is 12.5 Å². The molecule has 114 valence electrons. The fraction of sp³-hybridized carbons (Fsp3) is 0.176. The van der Waals surface area contributed by atoms with Crippen LogP contribution >= 0.6 is 0 Å². The van der Waals surface area contributed by atoms with Crippen molar-refractivity contribution in [1.29, 1.82) is 0 Å². The van der Waals surface area contributed by atoms with Gasteiger partial charge in [-0.25, -0.2) is 0 Å². The molecule has 0 aliphatic heterocycles. The number of rotatable bonds is 6. The molecule has 0 fully saturated rings. The molecule has 2 unspecified atom stereocenters. The van der Waals surface area contributed by atoms with Crippen molar-refractivity contribution in [2.24, 2.45) is 5.73 Å². The number of hydrogen-bond donors (Lipinski definition) is 3. The van der Waals surface area contributed by atoms with Crippen LogP contribution in [0.4, 0.5) is 0 Å². The highest BCUT2D eigenvalue weighted by atomic mass is 16.3. The highest BCUT2D eigenvalue weighted by Crippen LogP contribution is 2.17. The number of carbonyl (C=O) groups excluding carboxylic acids is 2. The van der Waals surface area contributed by atoms with Gasteiger partial charge in [-0.1, -0.05) is 60.7 Å². The Balaban J connectivity index is 2.02. The number of aliphatic hydroxyl groups is 1. The molecule has 5 nitrogen and oxygen atoms in total. The standard InChI is InChI=1S/C17H18N2O3/c18-17(22)16(13-9-5-2-6-10-13)19-15(21)11-14(20)12-7-3-1-4-8-12/h1-10,14,16,20H,11H2,(H2,18,22)(H,19,21). The summed E-state index contributed by atoms with van der Waals surface area (Å²) in [5.41, 5.74) is 6.60. The molecule has 2 aromatic rings. The van der Waals surface area contributed by atoms with Gasteiger partial charge >= 0.3 is 0 Å². The predicted octanol–water partition coefficient (Wildman–Crippen LogP) is 1.45. The summed E-state index contributed by atoms with van der Waals surface area (Å²) in [6, 6.07) is 16.7. The minimum Gasteiger partial charge on any atom is -0.388 e. The zero-order valence-electron chi connectivity index (χ0n) is 12.0. The summed E-state index contributed by atoms with van der Waals surface area (Å²) in [5.74, 6) is -1.09. The molecule has 2 rings (SSSR count). The van der Waals surface area contributed by atoms with Crippen LogP contribution in [0.15, 0.2) is 60.7 Å². The molecule has 22 heavy (non-hydrogen) atoms. The number of amides is 2. The van der Waals surface area contributed by atoms with Crippen molar-refractivity contribution in [2.45, 2.75) is 18.6 Å². The molecule has 0 saturated carbocycles. The van der Waals surface area contributed by atoms with Crippen molar-refractivity contribution < 1.29 is 14.7 Å². The molecule has 2 aromatic carbocycles. The zero-order valence-corrected chi connectivity index (χ0v) is 12.0. The van der Waals surface area contributed by atoms with Gasteiger partial charge in [-0.05, 0) is 11.1 Å². The third-order valence-corrected chi connectivity index (χ3v) is 3.29. The molecule has 0 saturated heterocycles. The van der Waals surface area contributed by atoms with Gasteiger partial charge in [-0.2, -0.15) is 0 Å². The van der Waals surface area contributed by atoms with Crippen LogP contribution < -0.4 is 11.1 Å². The first-order chi connectivity index (χ1) is 10.6. The Bertz CT molecular complexity index is 629. The molecular weight excluding hydrogens is 280 g/mol. The number of nitrogens with two attached hydrogens (primary N) is 1. The lowest BCUT2D eigenvalue weighted by molar-refractivity contribution is -0.128. The van der Waals surface area contributed by atoms with Crippen LogP contribution in [0.1, 0.15) is 29.7 Å². The van der Waals surface area contributed by atoms with Gasteiger partial charge in [-0.3, -0.25) is 9.59 Å². The van der Waals surface area contributed by atoms with Crippen molar-refractivity contribution in [2.75, 3.05) is 0 Å². The molecule has 2 atom stereocenters. The van der Waals surface area contributed by atoms with E-state index in [1.54, 1.807) is 48.5 Å². The summed E-state index contributed by atoms with van der Waals surface area (Å²) in [7, 11) is 0. The number of carbonyl (C=O) groups is 2. The zero-order chi connectivity index (χ0) is 15.9. The van der Waals surface area contributed by atoms with Crippen LogP contribution in [0, 0.1) is 0 Å². The van der Waals surface area contributed by atoms with Crippen molar-refractivity contribution in [3.8, 4) is 0 Å². The van der Waals surface area contributed by atoms with Crippen LogP contribution in [0.5, 0.6) is 0 Å². The quantitative estimate of drug-likeness (QED) is 0.753. The van der Waals surface area contributed by atoms with Gasteiger partial charge in [-0.15, -0.1) is 0 Å². The first-order valence-electron chi connectivity index (χ1n) is 6.94. The van der Waals surface area contributed by atoms with Gasteiger partial charge in [0.15, 0.2) is 0 Å². The molecule has 0 aliphatic rings. The van der Waals surface area contributed by atoms with Gasteiger partial charge in [0.2, 0.25) is 11.8 Å². The predicted molar refractivity (Wildman–Crippen MR) is 82.5 cm³/mol. The Hall–Kier alpha value is -2.66. The van der Waals surface area contributed by atoms with Crippen molar-refractivity contribution in [1.82, 2.24) is 5.32 Å². The van der Waals surface area contributed by atoms with E-state index in [1.165, 1.54) is 0 Å². The number of aliphatic hydroxyl groups excluding tert-OH is 1. The number of benzene rings is 2. The van der Waals surface area contributed by atoms with Crippen LogP contribution in [0.25, 0.3) is 0 Å². The first kappa shape index (κ1) is 15.7. The number of hydrogen-bond acceptors (Lipinski definition) is 3. The minimum atomic E-state index is -0.925. The Morgan fingerprint density at radius 3 is 1.95 bits per heavy atom. The maximum atomic E-state index is 12.0. The second-order valence-electron chi connectivity index (χ2n) is 4.94. The van der Waals surface area contributed by atoms with E-state index in [4.69, 9.17) is 5.73 Å². The van der Waals surface area contributed by atoms with E-state index in [2.05, 4.69) is 5.32 Å². The summed E-state index contributed by atoms with van der Waals surface area (Å²) in [5, 5.41) is 12.6. The lowest BCUT2D eigenvalue weighted by atomic mass is 10.0. The third kappa shape index (κ3) is 4.17. The second kappa shape index (κ2) is 7.38. The molecular formula is C17H18N2O3. The summed E-state index contributed by atoms with van der Waals surface area (Å²) < 4.78 is 0. The maximum absolute atomic E-state index is 12.0. The largest absolute Gasteiger partial charge is 0.388 e. The van der Waals surface area contributed by atoms with Crippen molar-refractivity contribution >= 4 is 11.8 Å². The Kier molecular flexibility index (Phi) is 5.27. The summed E-state index contributed by atoms with van der Waals surface area (Å²) in [6.07, 6.45) is -1.06. The highest BCUT2D eigenvalue weighted by Gasteiger charge is 2.21. The molecule has 0 spiro atoms. The SMILES string of the molecule is NC(=O)C(NC(=O)CC(O)c1ccccc1)c1ccccc1. The van der Waals surface area contributed by atoms with E-state index in [1.807, 2.05) is 12.1 Å². The monoisotopic (exact) mass is 298 g/mol. The van der Waals surface area contributed by atoms with E-state index >= 15 is 0 Å². The normalized spacial score (nSPS) is 13.1. The van der Waals surface area contributed by atoms with E-state index in [0.717, 1.165) is 0 Å². The smallest absolute Gasteiger partial charge is 0.244 e. The fourth-order valence-corrected chi connectivity index (χ4v) is 2.15. The van der Waals surface area contributed by atoms with Crippen molar-refractivity contribution in [3.63, 3.8) is 0 Å². The fourth-order valence-electron chi connectivity index (χ4n) is 2.15. The Labute approximate surface area is 128 Å². The van der Waals surface area contributed by atoms with Crippen molar-refractivity contribution in [3.05, 3.63) is 71.8 Å². The molecule has 5 heteroatoms. The number of primary amides is 1. The van der Waals surface area contributed by atoms with Gasteiger partial charge in [0.25, 0.3) is 0 Å². The summed E-state index contributed by atoms with van der Waals surface area (Å²) in [4.78, 5) is 23.6. The Morgan fingerprint density at radius 1 is 0.955 bits per heavy atom. The number of nitrogens with one attached hydrogen (secondary N) is 1. The summed E-state index contributed by atoms with van der Waals surface area (Å²) >= 11 is 0. The molecule has 2 amide bonds. The minimum absolute atomic E-state index is 0.138. The van der Waals surface area contributed by atoms with Gasteiger partial charge in [0, 0.05) is 0 Å². The molecule has 0 radical (unpaired) electrons. The average Bonchev–Trinajstić information content (AvgIpc) is 2.54. The van der Waals surface area contributed by atoms with E-state index in [0.29, 0.717) is 11.1 Å². The Morgan fingerprint density at radius 2 is 1.45 bits per heavy atom. The van der Waals surface area contributed by atoms with E-state index < -0.39 is 24.0 Å². The third-order valence-electron chi connectivity index (χ3n) is 3.29. The van der Waals surface area contributed by atoms with E-state index in [9.17, 15) is 14.7 Å². The van der Waals surface area contributed by atoms with E-state index in [-0.39, 0.29) is 6.42 Å². The topological polar surface area (TPSA) is 92.4 Å². The molecule has 0 bridgehead atoms. The van der Waals surface area contributed by atoms with Crippen LogP contribution in [0.2, 0.25) is 0 Å². The maximum Gasteiger partial charge on any atom is 0.244 e. The van der Waals surface area contributed by atoms with Crippen LogP contribution in [0.3, 0.4) is 0 Å². The first-order valence-corrected chi connectivity index (χ1v) is 6.94. The second-order valence-corrected chi connectivity index (χ2v) is 4.94. The molecule has 0 heterocycles. The lowest BCUT2D eigenvalue weighted by Crippen LogP contribution is -2.38. The highest BCUT2D eigenvalue weighted by molar-refractivity contribution is 5.87. The lowest BCUT2D eigenvalue weighted by Gasteiger charge is -2.17. The van der Waals surface area contributed by atoms with Crippen LogP contribution in [-0.2, 0) is 9.59 Å². The van der Waals surface area contributed by atoms with Gasteiger partial charge in [0.1, 0.15) is 6.04 Å². The van der Waals surface area contributed by atoms with Crippen LogP contribution in [-0.4, -0.2) is 16.9 Å². The summed E-state index contributed by atoms with van der Waals surface area (Å²) in [6.45, 7) is 0. The van der Waals surface area contributed by atoms with Gasteiger partial charge < -0.3 is 16.2 Å². The average molecular weight is 298 g/mol.